The Kier molecular flexibility index (Phi) is 5.78. The maximum Gasteiger partial charge on any atom is 0.266 e. The van der Waals surface area contributed by atoms with E-state index in [1.165, 1.54) is 16.8 Å². The summed E-state index contributed by atoms with van der Waals surface area (Å²) in [7, 11) is 2.06. The Hall–Kier alpha value is -2.47. The van der Waals surface area contributed by atoms with Crippen LogP contribution in [0.25, 0.3) is 0 Å². The fourth-order valence-electron chi connectivity index (χ4n) is 5.40. The molecule has 1 aromatic rings. The molecule has 5 nitrogen and oxygen atoms in total. The molecule has 0 saturated heterocycles. The van der Waals surface area contributed by atoms with Crippen molar-refractivity contribution in [3.8, 4) is 0 Å². The molecule has 0 fully saturated rings. The molecule has 2 aliphatic carbocycles. The van der Waals surface area contributed by atoms with E-state index in [2.05, 4.69) is 40.0 Å². The lowest BCUT2D eigenvalue weighted by molar-refractivity contribution is -0.419. The predicted molar refractivity (Wildman–Crippen MR) is 120 cm³/mol. The highest BCUT2D eigenvalue weighted by molar-refractivity contribution is 9.11. The van der Waals surface area contributed by atoms with Crippen LogP contribution in [0, 0.1) is 15.5 Å². The number of halogens is 1. The molecular weight excluding hydrogens is 444 g/mol. The van der Waals surface area contributed by atoms with Crippen LogP contribution < -0.4 is 0 Å². The largest absolute Gasteiger partial charge is 0.350 e. The topological polar surface area (TPSA) is 63.4 Å². The summed E-state index contributed by atoms with van der Waals surface area (Å²) in [5, 5.41) is 11.6. The van der Waals surface area contributed by atoms with E-state index in [1.54, 1.807) is 12.2 Å². The number of carbonyl (C=O) groups is 1. The minimum Gasteiger partial charge on any atom is -0.350 e. The molecule has 3 aliphatic rings. The Balaban J connectivity index is 1.89. The zero-order valence-electron chi connectivity index (χ0n) is 17.1. The van der Waals surface area contributed by atoms with Crippen molar-refractivity contribution in [2.45, 2.75) is 44.9 Å². The predicted octanol–water partition coefficient (Wildman–Crippen LogP) is 5.68. The molecule has 0 aromatic heterocycles. The summed E-state index contributed by atoms with van der Waals surface area (Å²) in [5.74, 6) is 0. The van der Waals surface area contributed by atoms with Crippen LogP contribution in [-0.4, -0.2) is 23.2 Å². The first-order valence-electron chi connectivity index (χ1n) is 10.4. The van der Waals surface area contributed by atoms with Crippen molar-refractivity contribution in [2.24, 2.45) is 5.41 Å². The third-order valence-electron chi connectivity index (χ3n) is 6.60. The summed E-state index contributed by atoms with van der Waals surface area (Å²) in [6.07, 6.45) is 9.88. The highest BCUT2D eigenvalue weighted by Gasteiger charge is 2.49. The highest BCUT2D eigenvalue weighted by Crippen LogP contribution is 2.57. The van der Waals surface area contributed by atoms with Crippen LogP contribution in [0.5, 0.6) is 0 Å². The molecule has 156 valence electrons. The molecule has 0 amide bonds. The van der Waals surface area contributed by atoms with Gasteiger partial charge in [-0.3, -0.25) is 14.9 Å². The molecule has 1 aliphatic heterocycles. The van der Waals surface area contributed by atoms with E-state index >= 15 is 0 Å². The quantitative estimate of drug-likeness (QED) is 0.324. The Morgan fingerprint density at radius 3 is 2.70 bits per heavy atom. The minimum absolute atomic E-state index is 0.122. The summed E-state index contributed by atoms with van der Waals surface area (Å²) in [4.78, 5) is 25.5. The molecule has 0 saturated carbocycles. The van der Waals surface area contributed by atoms with Gasteiger partial charge in [0.05, 0.1) is 4.92 Å². The van der Waals surface area contributed by atoms with E-state index < -0.39 is 0 Å². The van der Waals surface area contributed by atoms with Crippen molar-refractivity contribution < 1.29 is 9.72 Å². The third-order valence-corrected chi connectivity index (χ3v) is 7.22. The van der Waals surface area contributed by atoms with Crippen molar-refractivity contribution in [1.29, 1.82) is 0 Å². The van der Waals surface area contributed by atoms with Crippen molar-refractivity contribution >= 4 is 22.2 Å². The first-order chi connectivity index (χ1) is 14.5. The van der Waals surface area contributed by atoms with Gasteiger partial charge < -0.3 is 4.90 Å². The number of carbonyl (C=O) groups excluding carboxylic acids is 1. The summed E-state index contributed by atoms with van der Waals surface area (Å²) < 4.78 is 0.823. The van der Waals surface area contributed by atoms with Crippen molar-refractivity contribution in [1.82, 2.24) is 4.90 Å². The van der Waals surface area contributed by atoms with E-state index in [9.17, 15) is 14.9 Å². The summed E-state index contributed by atoms with van der Waals surface area (Å²) in [6, 6.07) is 10.4. The fourth-order valence-corrected chi connectivity index (χ4v) is 5.83. The summed E-state index contributed by atoms with van der Waals surface area (Å²) in [6.45, 7) is 0. The molecule has 0 spiro atoms. The van der Waals surface area contributed by atoms with Gasteiger partial charge in [0.1, 0.15) is 6.29 Å². The maximum atomic E-state index is 12.0. The number of benzene rings is 1. The second kappa shape index (κ2) is 8.34. The molecule has 30 heavy (non-hydrogen) atoms. The Labute approximate surface area is 185 Å². The van der Waals surface area contributed by atoms with Gasteiger partial charge in [0.2, 0.25) is 0 Å². The number of rotatable bonds is 4. The van der Waals surface area contributed by atoms with Crippen LogP contribution in [0.4, 0.5) is 0 Å². The van der Waals surface area contributed by atoms with Gasteiger partial charge in [0, 0.05) is 40.0 Å². The van der Waals surface area contributed by atoms with Crippen molar-refractivity contribution in [3.05, 3.63) is 90.9 Å². The van der Waals surface area contributed by atoms with E-state index in [0.717, 1.165) is 54.1 Å². The van der Waals surface area contributed by atoms with Crippen LogP contribution in [0.15, 0.2) is 75.2 Å². The van der Waals surface area contributed by atoms with Crippen LogP contribution in [-0.2, 0) is 11.2 Å². The molecule has 1 atom stereocenters. The number of nitro groups is 1. The smallest absolute Gasteiger partial charge is 0.266 e. The zero-order chi connectivity index (χ0) is 21.3. The fraction of sp³-hybridized carbons (Fsp3) is 0.375. The van der Waals surface area contributed by atoms with Gasteiger partial charge in [-0.1, -0.05) is 46.3 Å². The maximum absolute atomic E-state index is 12.0. The monoisotopic (exact) mass is 468 g/mol. The second-order valence-corrected chi connectivity index (χ2v) is 9.27. The van der Waals surface area contributed by atoms with Crippen LogP contribution in [0.3, 0.4) is 0 Å². The number of hydrogen-bond acceptors (Lipinski definition) is 4. The van der Waals surface area contributed by atoms with Gasteiger partial charge >= 0.3 is 0 Å². The van der Waals surface area contributed by atoms with Gasteiger partial charge in [0.15, 0.2) is 0 Å². The van der Waals surface area contributed by atoms with Gasteiger partial charge in [-0.25, -0.2) is 0 Å². The zero-order valence-corrected chi connectivity index (χ0v) is 18.7. The molecule has 0 radical (unpaired) electrons. The molecule has 1 heterocycles. The first kappa shape index (κ1) is 20.8. The lowest BCUT2D eigenvalue weighted by atomic mass is 9.65. The average Bonchev–Trinajstić information content (AvgIpc) is 3.01. The molecule has 1 unspecified atom stereocenters. The number of aldehydes is 1. The van der Waals surface area contributed by atoms with Gasteiger partial charge in [-0.15, -0.1) is 0 Å². The minimum atomic E-state index is -0.316. The Morgan fingerprint density at radius 1 is 1.23 bits per heavy atom. The van der Waals surface area contributed by atoms with E-state index in [-0.39, 0.29) is 16.0 Å². The lowest BCUT2D eigenvalue weighted by Crippen LogP contribution is -2.33. The van der Waals surface area contributed by atoms with Gasteiger partial charge in [0.25, 0.3) is 5.70 Å². The van der Waals surface area contributed by atoms with E-state index in [0.29, 0.717) is 12.8 Å². The van der Waals surface area contributed by atoms with Crippen molar-refractivity contribution in [3.63, 3.8) is 0 Å². The first-order valence-corrected chi connectivity index (χ1v) is 11.1. The molecular formula is C24H25BrN2O3. The molecule has 0 N–H and O–H groups in total. The number of hydrogen-bond donors (Lipinski definition) is 0. The number of fused-ring (bicyclic) bond motifs is 2. The average molecular weight is 469 g/mol. The highest BCUT2D eigenvalue weighted by atomic mass is 79.9. The second-order valence-electron chi connectivity index (χ2n) is 8.26. The number of allylic oxidation sites excluding steroid dienone is 6. The van der Waals surface area contributed by atoms with Gasteiger partial charge in [-0.05, 0) is 62.2 Å². The summed E-state index contributed by atoms with van der Waals surface area (Å²) in [5.41, 5.74) is 5.48. The van der Waals surface area contributed by atoms with Crippen LogP contribution in [0.2, 0.25) is 0 Å². The molecule has 4 rings (SSSR count). The Bertz CT molecular complexity index is 1010. The van der Waals surface area contributed by atoms with Crippen LogP contribution in [0.1, 0.15) is 44.1 Å². The van der Waals surface area contributed by atoms with Crippen LogP contribution >= 0.6 is 15.9 Å². The van der Waals surface area contributed by atoms with Crippen molar-refractivity contribution in [2.75, 3.05) is 7.05 Å². The number of nitrogens with zero attached hydrogens (tertiary/aromatic N) is 2. The lowest BCUT2D eigenvalue weighted by Gasteiger charge is -2.39. The molecule has 0 bridgehead atoms. The summed E-state index contributed by atoms with van der Waals surface area (Å²) >= 11 is 3.51. The molecule has 1 aromatic carbocycles. The third kappa shape index (κ3) is 3.58. The van der Waals surface area contributed by atoms with E-state index in [4.69, 9.17) is 0 Å². The SMILES string of the molecule is CN1C2=C(C/C=C([N+](=O)[O-])\C=C(\Br)CC2)C2(Cc3ccccc3)CCCC(C=O)=C12. The standard InChI is InChI=1S/C24H25BrN2O3/c1-26-22-12-9-19(25)14-20(27(29)30)10-11-21(22)24(15-17-6-3-2-4-7-17)13-5-8-18(16-28)23(24)26/h2-4,6-7,10,14,16H,5,8-9,11-13,15H2,1H3/b19-14+,20-10+. The Morgan fingerprint density at radius 2 is 2.00 bits per heavy atom. The molecule has 6 heteroatoms. The van der Waals surface area contributed by atoms with E-state index in [1.807, 2.05) is 18.2 Å². The normalized spacial score (nSPS) is 27.7. The van der Waals surface area contributed by atoms with Gasteiger partial charge in [-0.2, -0.15) is 0 Å².